The van der Waals surface area contributed by atoms with Crippen molar-refractivity contribution in [1.82, 2.24) is 9.80 Å². The van der Waals surface area contributed by atoms with Crippen LogP contribution in [0.5, 0.6) is 5.75 Å². The number of methoxy groups -OCH3 is 1. The topological polar surface area (TPSA) is 35.9 Å². The van der Waals surface area contributed by atoms with Gasteiger partial charge in [-0.2, -0.15) is 0 Å². The third-order valence-corrected chi connectivity index (χ3v) is 5.02. The van der Waals surface area contributed by atoms with Crippen molar-refractivity contribution in [3.8, 4) is 5.75 Å². The molecule has 0 radical (unpaired) electrons. The molecule has 1 atom stereocenters. The van der Waals surface area contributed by atoms with Crippen LogP contribution >= 0.6 is 0 Å². The lowest BCUT2D eigenvalue weighted by Crippen LogP contribution is -2.54. The van der Waals surface area contributed by atoms with Gasteiger partial charge < -0.3 is 9.84 Å². The fourth-order valence-corrected chi connectivity index (χ4v) is 2.75. The van der Waals surface area contributed by atoms with Crippen LogP contribution in [0.2, 0.25) is 0 Å². The Labute approximate surface area is 142 Å². The predicted octanol–water partition coefficient (Wildman–Crippen LogP) is 2.95. The maximum Gasteiger partial charge on any atom is 0.123 e. The smallest absolute Gasteiger partial charge is 0.123 e. The molecule has 0 spiro atoms. The number of hydrogen-bond donors (Lipinski definition) is 1. The van der Waals surface area contributed by atoms with Gasteiger partial charge in [-0.05, 0) is 54.8 Å². The van der Waals surface area contributed by atoms with E-state index in [9.17, 15) is 5.11 Å². The molecule has 23 heavy (non-hydrogen) atoms. The zero-order valence-electron chi connectivity index (χ0n) is 16.1. The van der Waals surface area contributed by atoms with Gasteiger partial charge in [-0.15, -0.1) is 0 Å². The van der Waals surface area contributed by atoms with Crippen molar-refractivity contribution in [3.63, 3.8) is 0 Å². The summed E-state index contributed by atoms with van der Waals surface area (Å²) in [5.74, 6) is 0.897. The van der Waals surface area contributed by atoms with Gasteiger partial charge in [0.25, 0.3) is 0 Å². The van der Waals surface area contributed by atoms with E-state index in [2.05, 4.69) is 64.6 Å². The minimum Gasteiger partial charge on any atom is -0.496 e. The lowest BCUT2D eigenvalue weighted by atomic mass is 9.91. The van der Waals surface area contributed by atoms with E-state index < -0.39 is 0 Å². The molecule has 0 unspecified atom stereocenters. The number of rotatable bonds is 7. The van der Waals surface area contributed by atoms with Crippen LogP contribution < -0.4 is 4.74 Å². The number of para-hydroxylation sites is 1. The van der Waals surface area contributed by atoms with Gasteiger partial charge in [0.05, 0.1) is 13.7 Å². The van der Waals surface area contributed by atoms with Gasteiger partial charge in [-0.1, -0.05) is 18.2 Å². The van der Waals surface area contributed by atoms with Gasteiger partial charge in [-0.25, -0.2) is 0 Å². The Morgan fingerprint density at radius 1 is 1.09 bits per heavy atom. The molecule has 1 aromatic carbocycles. The van der Waals surface area contributed by atoms with E-state index in [4.69, 9.17) is 4.74 Å². The summed E-state index contributed by atoms with van der Waals surface area (Å²) < 4.78 is 5.53. The maximum absolute atomic E-state index is 9.85. The standard InChI is InChI=1S/C19H34N2O2/c1-18(2,3)21(7)15(14-22)13-20(6)19(4,5)16-11-9-10-12-17(16)23-8/h9-12,15,22H,13-14H2,1-8H3/t15-/m1/s1. The average molecular weight is 322 g/mol. The number of aliphatic hydroxyl groups excluding tert-OH is 1. The van der Waals surface area contributed by atoms with Crippen molar-refractivity contribution >= 4 is 0 Å². The maximum atomic E-state index is 9.85. The number of hydrogen-bond acceptors (Lipinski definition) is 4. The number of likely N-dealkylation sites (N-methyl/N-ethyl adjacent to an activating group) is 2. The molecule has 0 aliphatic heterocycles. The highest BCUT2D eigenvalue weighted by Crippen LogP contribution is 2.34. The van der Waals surface area contributed by atoms with Gasteiger partial charge in [-0.3, -0.25) is 9.80 Å². The highest BCUT2D eigenvalue weighted by molar-refractivity contribution is 5.38. The summed E-state index contributed by atoms with van der Waals surface area (Å²) >= 11 is 0. The second-order valence-corrected chi connectivity index (χ2v) is 7.76. The summed E-state index contributed by atoms with van der Waals surface area (Å²) in [5, 5.41) is 9.85. The largest absolute Gasteiger partial charge is 0.496 e. The molecule has 0 aliphatic rings. The molecule has 4 heteroatoms. The van der Waals surface area contributed by atoms with Gasteiger partial charge in [0.15, 0.2) is 0 Å². The van der Waals surface area contributed by atoms with E-state index in [1.807, 2.05) is 18.2 Å². The van der Waals surface area contributed by atoms with Crippen LogP contribution in [0, 0.1) is 0 Å². The van der Waals surface area contributed by atoms with Crippen molar-refractivity contribution in [1.29, 1.82) is 0 Å². The van der Waals surface area contributed by atoms with Crippen LogP contribution in [0.1, 0.15) is 40.2 Å². The SMILES string of the molecule is COc1ccccc1C(C)(C)N(C)C[C@H](CO)N(C)C(C)(C)C. The second-order valence-electron chi connectivity index (χ2n) is 7.76. The van der Waals surface area contributed by atoms with Crippen LogP contribution in [0.4, 0.5) is 0 Å². The average Bonchev–Trinajstić information content (AvgIpc) is 2.50. The fourth-order valence-electron chi connectivity index (χ4n) is 2.75. The van der Waals surface area contributed by atoms with Crippen LogP contribution in [-0.2, 0) is 5.54 Å². The third kappa shape index (κ3) is 4.69. The van der Waals surface area contributed by atoms with Crippen molar-refractivity contribution < 1.29 is 9.84 Å². The Bertz CT molecular complexity index is 494. The molecule has 0 saturated carbocycles. The molecular formula is C19H34N2O2. The minimum atomic E-state index is -0.196. The second kappa shape index (κ2) is 7.65. The molecule has 0 aromatic heterocycles. The third-order valence-electron chi connectivity index (χ3n) is 5.02. The molecule has 0 fully saturated rings. The summed E-state index contributed by atoms with van der Waals surface area (Å²) in [5.41, 5.74) is 0.974. The van der Waals surface area contributed by atoms with Gasteiger partial charge in [0, 0.05) is 29.2 Å². The molecule has 4 nitrogen and oxygen atoms in total. The van der Waals surface area contributed by atoms with E-state index in [0.717, 1.165) is 17.9 Å². The molecular weight excluding hydrogens is 288 g/mol. The fraction of sp³-hybridized carbons (Fsp3) is 0.684. The van der Waals surface area contributed by atoms with E-state index in [0.29, 0.717) is 0 Å². The molecule has 1 aromatic rings. The normalized spacial score (nSPS) is 14.4. The van der Waals surface area contributed by atoms with Crippen LogP contribution in [-0.4, -0.2) is 60.8 Å². The first-order chi connectivity index (χ1) is 10.6. The molecule has 1 rings (SSSR count). The number of benzene rings is 1. The van der Waals surface area contributed by atoms with Crippen molar-refractivity contribution in [3.05, 3.63) is 29.8 Å². The molecule has 0 amide bonds. The Balaban J connectivity index is 3.00. The van der Waals surface area contributed by atoms with Crippen LogP contribution in [0.25, 0.3) is 0 Å². The molecule has 1 N–H and O–H groups in total. The zero-order valence-corrected chi connectivity index (χ0v) is 16.1. The lowest BCUT2D eigenvalue weighted by molar-refractivity contribution is 0.0283. The monoisotopic (exact) mass is 322 g/mol. The van der Waals surface area contributed by atoms with Gasteiger partial charge in [0.2, 0.25) is 0 Å². The Hall–Kier alpha value is -1.10. The number of aliphatic hydroxyl groups is 1. The highest BCUT2D eigenvalue weighted by Gasteiger charge is 2.33. The number of nitrogens with zero attached hydrogens (tertiary/aromatic N) is 2. The van der Waals surface area contributed by atoms with Gasteiger partial charge >= 0.3 is 0 Å². The van der Waals surface area contributed by atoms with E-state index in [1.165, 1.54) is 0 Å². The first kappa shape index (κ1) is 19.9. The Kier molecular flexibility index (Phi) is 6.63. The van der Waals surface area contributed by atoms with Crippen LogP contribution in [0.3, 0.4) is 0 Å². The molecule has 0 saturated heterocycles. The van der Waals surface area contributed by atoms with Crippen LogP contribution in [0.15, 0.2) is 24.3 Å². The predicted molar refractivity (Wildman–Crippen MR) is 97.0 cm³/mol. The van der Waals surface area contributed by atoms with Crippen molar-refractivity contribution in [2.24, 2.45) is 0 Å². The first-order valence-electron chi connectivity index (χ1n) is 8.24. The summed E-state index contributed by atoms with van der Waals surface area (Å²) in [6, 6.07) is 8.21. The quantitative estimate of drug-likeness (QED) is 0.837. The summed E-state index contributed by atoms with van der Waals surface area (Å²) in [6.45, 7) is 11.8. The highest BCUT2D eigenvalue weighted by atomic mass is 16.5. The summed E-state index contributed by atoms with van der Waals surface area (Å²) in [7, 11) is 5.88. The lowest BCUT2D eigenvalue weighted by Gasteiger charge is -2.43. The van der Waals surface area contributed by atoms with E-state index >= 15 is 0 Å². The number of ether oxygens (including phenoxy) is 1. The molecule has 0 aliphatic carbocycles. The minimum absolute atomic E-state index is 0.0167. The van der Waals surface area contributed by atoms with E-state index in [-0.39, 0.29) is 23.7 Å². The zero-order chi connectivity index (χ0) is 17.8. The van der Waals surface area contributed by atoms with E-state index in [1.54, 1.807) is 7.11 Å². The Morgan fingerprint density at radius 2 is 1.65 bits per heavy atom. The molecule has 0 heterocycles. The molecule has 0 bridgehead atoms. The van der Waals surface area contributed by atoms with Crippen molar-refractivity contribution in [2.75, 3.05) is 34.4 Å². The summed E-state index contributed by atoms with van der Waals surface area (Å²) in [4.78, 5) is 4.52. The molecule has 132 valence electrons. The van der Waals surface area contributed by atoms with Gasteiger partial charge in [0.1, 0.15) is 5.75 Å². The Morgan fingerprint density at radius 3 is 2.13 bits per heavy atom. The van der Waals surface area contributed by atoms with Crippen molar-refractivity contribution in [2.45, 2.75) is 51.7 Å². The first-order valence-corrected chi connectivity index (χ1v) is 8.24. The summed E-state index contributed by atoms with van der Waals surface area (Å²) in [6.07, 6.45) is 0.